The molecule has 0 bridgehead atoms. The number of thiophene rings is 1. The first kappa shape index (κ1) is 20.2. The number of nitrogens with one attached hydrogen (secondary N) is 1. The molecule has 3 rings (SSSR count). The van der Waals surface area contributed by atoms with Crippen molar-refractivity contribution in [3.8, 4) is 11.5 Å². The second-order valence-corrected chi connectivity index (χ2v) is 7.65. The number of benzene rings is 1. The molecule has 0 spiro atoms. The minimum atomic E-state index is -0.377. The normalized spacial score (nSPS) is 12.8. The molecule has 7 heteroatoms. The maximum atomic E-state index is 13.1. The van der Waals surface area contributed by atoms with Gasteiger partial charge in [0.2, 0.25) is 0 Å². The average molecular weight is 404 g/mol. The number of hydrogen-bond donors (Lipinski definition) is 1. The number of fused-ring (bicyclic) bond motifs is 1. The second kappa shape index (κ2) is 9.10. The van der Waals surface area contributed by atoms with Gasteiger partial charge in [-0.25, -0.2) is 4.79 Å². The zero-order chi connectivity index (χ0) is 20.1. The molecule has 150 valence electrons. The van der Waals surface area contributed by atoms with E-state index in [1.54, 1.807) is 18.2 Å². The summed E-state index contributed by atoms with van der Waals surface area (Å²) < 4.78 is 16.0. The standard InChI is InChI=1S/C21H25NO5S/c1-4-12-27-21(24)17-13-8-5-6-11-16(13)28-20(17)22-19(23)18-14(25-2)9-7-10-15(18)26-3/h7,9-10H,4-6,8,11-12H2,1-3H3,(H,22,23). The van der Waals surface area contributed by atoms with Crippen LogP contribution in [0.2, 0.25) is 0 Å². The highest BCUT2D eigenvalue weighted by Gasteiger charge is 2.28. The Balaban J connectivity index is 1.97. The van der Waals surface area contributed by atoms with Gasteiger partial charge in [0.1, 0.15) is 22.1 Å². The summed E-state index contributed by atoms with van der Waals surface area (Å²) in [6.07, 6.45) is 4.62. The van der Waals surface area contributed by atoms with Crippen LogP contribution in [0.5, 0.6) is 11.5 Å². The SMILES string of the molecule is CCCOC(=O)c1c(NC(=O)c2c(OC)cccc2OC)sc2c1CCCC2. The van der Waals surface area contributed by atoms with Crippen LogP contribution in [-0.4, -0.2) is 32.7 Å². The Hall–Kier alpha value is -2.54. The molecule has 1 N–H and O–H groups in total. The molecule has 0 radical (unpaired) electrons. The van der Waals surface area contributed by atoms with Crippen LogP contribution in [0.3, 0.4) is 0 Å². The number of rotatable bonds is 7. The molecule has 1 aliphatic rings. The maximum Gasteiger partial charge on any atom is 0.341 e. The Morgan fingerprint density at radius 2 is 1.75 bits per heavy atom. The van der Waals surface area contributed by atoms with E-state index in [-0.39, 0.29) is 11.9 Å². The highest BCUT2D eigenvalue weighted by Crippen LogP contribution is 2.39. The van der Waals surface area contributed by atoms with Crippen molar-refractivity contribution in [3.05, 3.63) is 39.8 Å². The number of amides is 1. The number of carbonyl (C=O) groups excluding carboxylic acids is 2. The van der Waals surface area contributed by atoms with Crippen molar-refractivity contribution in [3.63, 3.8) is 0 Å². The number of anilines is 1. The van der Waals surface area contributed by atoms with E-state index >= 15 is 0 Å². The Bertz CT molecular complexity index is 852. The van der Waals surface area contributed by atoms with Crippen molar-refractivity contribution < 1.29 is 23.8 Å². The van der Waals surface area contributed by atoms with Crippen LogP contribution in [-0.2, 0) is 17.6 Å². The van der Waals surface area contributed by atoms with Crippen molar-refractivity contribution in [2.24, 2.45) is 0 Å². The summed E-state index contributed by atoms with van der Waals surface area (Å²) in [7, 11) is 3.01. The van der Waals surface area contributed by atoms with E-state index < -0.39 is 0 Å². The summed E-state index contributed by atoms with van der Waals surface area (Å²) in [5.74, 6) is 0.0718. The van der Waals surface area contributed by atoms with E-state index in [9.17, 15) is 9.59 Å². The van der Waals surface area contributed by atoms with Gasteiger partial charge < -0.3 is 19.5 Å². The Morgan fingerprint density at radius 1 is 1.07 bits per heavy atom. The molecule has 0 unspecified atom stereocenters. The van der Waals surface area contributed by atoms with Crippen LogP contribution >= 0.6 is 11.3 Å². The number of hydrogen-bond acceptors (Lipinski definition) is 6. The molecular formula is C21H25NO5S. The van der Waals surface area contributed by atoms with Crippen LogP contribution in [0, 0.1) is 0 Å². The van der Waals surface area contributed by atoms with Gasteiger partial charge in [-0.1, -0.05) is 13.0 Å². The number of aryl methyl sites for hydroxylation is 1. The molecule has 6 nitrogen and oxygen atoms in total. The molecule has 1 aromatic carbocycles. The molecule has 2 aromatic rings. The van der Waals surface area contributed by atoms with Gasteiger partial charge in [0.05, 0.1) is 26.4 Å². The summed E-state index contributed by atoms with van der Waals surface area (Å²) in [5.41, 5.74) is 1.81. The van der Waals surface area contributed by atoms with Gasteiger partial charge in [0.15, 0.2) is 0 Å². The van der Waals surface area contributed by atoms with Crippen LogP contribution in [0.25, 0.3) is 0 Å². The van der Waals surface area contributed by atoms with Gasteiger partial charge in [0.25, 0.3) is 5.91 Å². The molecule has 1 amide bonds. The van der Waals surface area contributed by atoms with Crippen molar-refractivity contribution in [1.29, 1.82) is 0 Å². The first-order valence-corrected chi connectivity index (χ1v) is 10.3. The monoisotopic (exact) mass is 403 g/mol. The number of ether oxygens (including phenoxy) is 3. The van der Waals surface area contributed by atoms with E-state index in [1.165, 1.54) is 25.6 Å². The average Bonchev–Trinajstić information content (AvgIpc) is 3.08. The fourth-order valence-corrected chi connectivity index (χ4v) is 4.65. The lowest BCUT2D eigenvalue weighted by atomic mass is 9.95. The highest BCUT2D eigenvalue weighted by molar-refractivity contribution is 7.17. The number of carbonyl (C=O) groups is 2. The maximum absolute atomic E-state index is 13.1. The summed E-state index contributed by atoms with van der Waals surface area (Å²) >= 11 is 1.46. The fourth-order valence-electron chi connectivity index (χ4n) is 3.38. The molecule has 0 aliphatic heterocycles. The lowest BCUT2D eigenvalue weighted by Crippen LogP contribution is -2.17. The predicted octanol–water partition coefficient (Wildman–Crippen LogP) is 4.46. The van der Waals surface area contributed by atoms with Gasteiger partial charge in [0, 0.05) is 4.88 Å². The Morgan fingerprint density at radius 3 is 2.39 bits per heavy atom. The summed E-state index contributed by atoms with van der Waals surface area (Å²) in [6.45, 7) is 2.31. The topological polar surface area (TPSA) is 73.9 Å². The van der Waals surface area contributed by atoms with E-state index in [4.69, 9.17) is 14.2 Å². The predicted molar refractivity (Wildman–Crippen MR) is 109 cm³/mol. The van der Waals surface area contributed by atoms with Crippen molar-refractivity contribution in [2.45, 2.75) is 39.0 Å². The zero-order valence-corrected chi connectivity index (χ0v) is 17.2. The van der Waals surface area contributed by atoms with Crippen LogP contribution < -0.4 is 14.8 Å². The summed E-state index contributed by atoms with van der Waals surface area (Å²) in [5, 5.41) is 3.44. The van der Waals surface area contributed by atoms with Crippen molar-refractivity contribution in [1.82, 2.24) is 0 Å². The van der Waals surface area contributed by atoms with Gasteiger partial charge in [-0.05, 0) is 49.8 Å². The lowest BCUT2D eigenvalue weighted by molar-refractivity contribution is 0.0505. The first-order chi connectivity index (χ1) is 13.6. The van der Waals surface area contributed by atoms with Gasteiger partial charge in [-0.15, -0.1) is 11.3 Å². The minimum Gasteiger partial charge on any atom is -0.496 e. The van der Waals surface area contributed by atoms with Gasteiger partial charge in [-0.2, -0.15) is 0 Å². The van der Waals surface area contributed by atoms with Crippen LogP contribution in [0.15, 0.2) is 18.2 Å². The van der Waals surface area contributed by atoms with Gasteiger partial charge in [-0.3, -0.25) is 4.79 Å². The van der Waals surface area contributed by atoms with E-state index in [2.05, 4.69) is 5.32 Å². The molecule has 1 aromatic heterocycles. The first-order valence-electron chi connectivity index (χ1n) is 9.44. The third-order valence-corrected chi connectivity index (χ3v) is 5.90. The third-order valence-electron chi connectivity index (χ3n) is 4.69. The lowest BCUT2D eigenvalue weighted by Gasteiger charge is -2.14. The molecule has 0 atom stereocenters. The molecule has 1 heterocycles. The minimum absolute atomic E-state index is 0.298. The molecule has 1 aliphatic carbocycles. The van der Waals surface area contributed by atoms with Crippen molar-refractivity contribution >= 4 is 28.2 Å². The van der Waals surface area contributed by atoms with E-state index in [0.717, 1.165) is 42.5 Å². The summed E-state index contributed by atoms with van der Waals surface area (Å²) in [4.78, 5) is 26.9. The molecule has 0 saturated heterocycles. The molecular weight excluding hydrogens is 378 g/mol. The highest BCUT2D eigenvalue weighted by atomic mass is 32.1. The molecule has 0 saturated carbocycles. The molecule has 0 fully saturated rings. The fraction of sp³-hybridized carbons (Fsp3) is 0.429. The Labute approximate surface area is 168 Å². The van der Waals surface area contributed by atoms with Gasteiger partial charge >= 0.3 is 5.97 Å². The largest absolute Gasteiger partial charge is 0.496 e. The smallest absolute Gasteiger partial charge is 0.341 e. The van der Waals surface area contributed by atoms with E-state index in [1.807, 2.05) is 6.92 Å². The number of esters is 1. The second-order valence-electron chi connectivity index (χ2n) is 6.54. The van der Waals surface area contributed by atoms with Crippen LogP contribution in [0.1, 0.15) is 57.3 Å². The zero-order valence-electron chi connectivity index (χ0n) is 16.4. The molecule has 28 heavy (non-hydrogen) atoms. The van der Waals surface area contributed by atoms with Crippen molar-refractivity contribution in [2.75, 3.05) is 26.1 Å². The van der Waals surface area contributed by atoms with E-state index in [0.29, 0.717) is 34.2 Å². The third kappa shape index (κ3) is 3.99. The quantitative estimate of drug-likeness (QED) is 0.691. The van der Waals surface area contributed by atoms with Crippen LogP contribution in [0.4, 0.5) is 5.00 Å². The Kier molecular flexibility index (Phi) is 6.57. The summed E-state index contributed by atoms with van der Waals surface area (Å²) in [6, 6.07) is 5.16. The number of methoxy groups -OCH3 is 2.